The van der Waals surface area contributed by atoms with Crippen molar-refractivity contribution in [3.05, 3.63) is 69.9 Å². The molecule has 3 heteroatoms. The van der Waals surface area contributed by atoms with E-state index in [9.17, 15) is 15.0 Å². The Bertz CT molecular complexity index is 1530. The van der Waals surface area contributed by atoms with Crippen molar-refractivity contribution < 1.29 is 15.0 Å². The first-order chi connectivity index (χ1) is 22.2. The van der Waals surface area contributed by atoms with Crippen LogP contribution in [0.1, 0.15) is 104 Å². The molecule has 46 heavy (non-hydrogen) atoms. The molecule has 2 fully saturated rings. The first-order valence-electron chi connectivity index (χ1n) is 18.4. The molecule has 2 N–H and O–H groups in total. The highest BCUT2D eigenvalue weighted by atomic mass is 16.3. The molecular formula is C43H50O3. The van der Waals surface area contributed by atoms with Gasteiger partial charge in [-0.25, -0.2) is 0 Å². The average molecular weight is 615 g/mol. The number of Topliss-reactive ketones (excluding diaryl/α,β-unsaturated/α-hetero) is 1. The number of fused-ring (bicyclic) bond motifs is 8. The maximum atomic E-state index is 14.1. The molecule has 8 aliphatic rings. The van der Waals surface area contributed by atoms with Crippen molar-refractivity contribution in [3.63, 3.8) is 0 Å². The van der Waals surface area contributed by atoms with Gasteiger partial charge >= 0.3 is 0 Å². The summed E-state index contributed by atoms with van der Waals surface area (Å²) < 4.78 is 0. The van der Waals surface area contributed by atoms with E-state index in [2.05, 4.69) is 62.1 Å². The van der Waals surface area contributed by atoms with Crippen LogP contribution in [-0.4, -0.2) is 27.2 Å². The summed E-state index contributed by atoms with van der Waals surface area (Å²) in [5.41, 5.74) is 5.95. The lowest BCUT2D eigenvalue weighted by Crippen LogP contribution is -2.48. The van der Waals surface area contributed by atoms with E-state index in [1.54, 1.807) is 0 Å². The second-order valence-corrected chi connectivity index (χ2v) is 16.0. The lowest BCUT2D eigenvalue weighted by Gasteiger charge is -2.49. The monoisotopic (exact) mass is 614 g/mol. The molecule has 0 amide bonds. The number of carbonyl (C=O) groups excluding carboxylic acids is 1. The number of rotatable bonds is 4. The van der Waals surface area contributed by atoms with Gasteiger partial charge in [0.05, 0.1) is 0 Å². The number of hydrogen-bond donors (Lipinski definition) is 2. The molecule has 10 atom stereocenters. The molecule has 2 unspecified atom stereocenters. The zero-order valence-electron chi connectivity index (χ0n) is 27.8. The number of aliphatic hydroxyl groups is 2. The van der Waals surface area contributed by atoms with Crippen molar-refractivity contribution in [2.24, 2.45) is 46.3 Å². The predicted molar refractivity (Wildman–Crippen MR) is 183 cm³/mol. The molecule has 0 bridgehead atoms. The molecule has 8 rings (SSSR count). The number of carbonyl (C=O) groups is 1. The van der Waals surface area contributed by atoms with E-state index in [0.717, 1.165) is 77.0 Å². The van der Waals surface area contributed by atoms with Crippen LogP contribution in [0.15, 0.2) is 69.9 Å². The van der Waals surface area contributed by atoms with Gasteiger partial charge < -0.3 is 10.2 Å². The quantitative estimate of drug-likeness (QED) is 0.315. The fourth-order valence-electron chi connectivity index (χ4n) is 12.5. The Balaban J connectivity index is 1.04. The van der Waals surface area contributed by atoms with Crippen LogP contribution in [0.4, 0.5) is 0 Å². The lowest BCUT2D eigenvalue weighted by molar-refractivity contribution is -0.124. The summed E-state index contributed by atoms with van der Waals surface area (Å²) >= 11 is 0. The summed E-state index contributed by atoms with van der Waals surface area (Å²) in [6.45, 7) is 4.36. The SMILES string of the molecule is C#C[C@]1(O)CC[C@H]2[C@@H]3CCC4=CC(C(=O)C5C=C6CC[C@@H]7C(=C6CC5)C=C[C@@]5(CC)[C@H]7CC[C@@]5(O)C#C)CCC4=C3C=C[C@@]21CC. The van der Waals surface area contributed by atoms with E-state index >= 15 is 0 Å². The molecule has 0 saturated heterocycles. The van der Waals surface area contributed by atoms with Gasteiger partial charge in [0.2, 0.25) is 0 Å². The van der Waals surface area contributed by atoms with E-state index in [1.807, 2.05) is 0 Å². The van der Waals surface area contributed by atoms with Gasteiger partial charge in [0, 0.05) is 22.7 Å². The van der Waals surface area contributed by atoms with E-state index in [-0.39, 0.29) is 22.7 Å². The third-order valence-corrected chi connectivity index (χ3v) is 14.9. The van der Waals surface area contributed by atoms with Gasteiger partial charge in [-0.1, -0.05) is 62.1 Å². The molecular weight excluding hydrogens is 564 g/mol. The van der Waals surface area contributed by atoms with Gasteiger partial charge in [-0.05, 0) is 147 Å². The number of terminal acetylenes is 2. The second kappa shape index (κ2) is 10.6. The Labute approximate surface area is 276 Å². The molecule has 0 aliphatic heterocycles. The minimum Gasteiger partial charge on any atom is -0.377 e. The highest BCUT2D eigenvalue weighted by molar-refractivity contribution is 5.88. The smallest absolute Gasteiger partial charge is 0.146 e. The summed E-state index contributed by atoms with van der Waals surface area (Å²) in [5.74, 6) is 7.71. The minimum atomic E-state index is -1.04. The lowest BCUT2D eigenvalue weighted by atomic mass is 9.56. The molecule has 0 aromatic heterocycles. The molecule has 0 aromatic carbocycles. The summed E-state index contributed by atoms with van der Waals surface area (Å²) in [5, 5.41) is 22.8. The Morgan fingerprint density at radius 1 is 0.717 bits per heavy atom. The number of hydrogen-bond acceptors (Lipinski definition) is 3. The Morgan fingerprint density at radius 2 is 1.15 bits per heavy atom. The zero-order chi connectivity index (χ0) is 32.1. The van der Waals surface area contributed by atoms with Crippen LogP contribution < -0.4 is 0 Å². The highest BCUT2D eigenvalue weighted by Crippen LogP contribution is 2.64. The van der Waals surface area contributed by atoms with Gasteiger partial charge in [-0.3, -0.25) is 4.79 Å². The maximum absolute atomic E-state index is 14.1. The third-order valence-electron chi connectivity index (χ3n) is 14.9. The van der Waals surface area contributed by atoms with Crippen molar-refractivity contribution in [1.29, 1.82) is 0 Å². The van der Waals surface area contributed by atoms with Crippen LogP contribution in [-0.2, 0) is 4.79 Å². The largest absolute Gasteiger partial charge is 0.377 e. The van der Waals surface area contributed by atoms with Crippen molar-refractivity contribution in [2.75, 3.05) is 0 Å². The summed E-state index contributed by atoms with van der Waals surface area (Å²) in [6, 6.07) is 0. The van der Waals surface area contributed by atoms with Crippen LogP contribution in [0, 0.1) is 71.0 Å². The maximum Gasteiger partial charge on any atom is 0.146 e. The van der Waals surface area contributed by atoms with Crippen molar-refractivity contribution in [2.45, 2.75) is 115 Å². The van der Waals surface area contributed by atoms with Gasteiger partial charge in [-0.2, -0.15) is 0 Å². The van der Waals surface area contributed by atoms with Crippen LogP contribution in [0.3, 0.4) is 0 Å². The Morgan fingerprint density at radius 3 is 1.54 bits per heavy atom. The zero-order valence-corrected chi connectivity index (χ0v) is 27.8. The fourth-order valence-corrected chi connectivity index (χ4v) is 12.5. The summed E-state index contributed by atoms with van der Waals surface area (Å²) in [7, 11) is 0. The van der Waals surface area contributed by atoms with Crippen LogP contribution in [0.2, 0.25) is 0 Å². The topological polar surface area (TPSA) is 57.5 Å². The molecule has 2 saturated carbocycles. The molecule has 0 aromatic rings. The fraction of sp³-hybridized carbons (Fsp3) is 0.605. The summed E-state index contributed by atoms with van der Waals surface area (Å²) in [4.78, 5) is 14.1. The number of ketones is 1. The van der Waals surface area contributed by atoms with Gasteiger partial charge in [0.1, 0.15) is 17.0 Å². The van der Waals surface area contributed by atoms with Crippen molar-refractivity contribution in [1.82, 2.24) is 0 Å². The number of allylic oxidation sites excluding steroid dienone is 10. The standard InChI is InChI=1S/C43H50O3/c1-5-40-21-17-33-31-13-11-29(25-27(31)9-15-35(33)37(40)19-23-42(40,45)7-3)39(44)30-12-14-32-28(26-30)10-16-36-34(32)18-22-41(6-2)38(36)20-24-43(41,46)8-4/h3-4,17-18,21-22,25-26,29-30,35-38,45-46H,5-6,9-16,19-20,23-24H2,1-2H3/t29?,30?,35-,36-,37+,38+,40+,41+,42+,43+/m1/s1. The predicted octanol–water partition coefficient (Wildman–Crippen LogP) is 8.12. The van der Waals surface area contributed by atoms with E-state index in [0.29, 0.717) is 42.3 Å². The average Bonchev–Trinajstić information content (AvgIpc) is 3.59. The normalized spacial score (nSPS) is 45.3. The highest BCUT2D eigenvalue weighted by Gasteiger charge is 2.61. The van der Waals surface area contributed by atoms with Gasteiger partial charge in [0.15, 0.2) is 0 Å². The van der Waals surface area contributed by atoms with E-state index < -0.39 is 11.2 Å². The van der Waals surface area contributed by atoms with Gasteiger partial charge in [-0.15, -0.1) is 12.8 Å². The molecule has 0 spiro atoms. The summed E-state index contributed by atoms with van der Waals surface area (Å²) in [6.07, 6.45) is 38.7. The van der Waals surface area contributed by atoms with Crippen molar-refractivity contribution in [3.8, 4) is 24.7 Å². The molecule has 3 nitrogen and oxygen atoms in total. The minimum absolute atomic E-state index is 0.00304. The molecule has 0 radical (unpaired) electrons. The third kappa shape index (κ3) is 3.86. The van der Waals surface area contributed by atoms with E-state index in [4.69, 9.17) is 12.8 Å². The van der Waals surface area contributed by atoms with Crippen LogP contribution in [0.5, 0.6) is 0 Å². The first-order valence-corrected chi connectivity index (χ1v) is 18.4. The van der Waals surface area contributed by atoms with Crippen molar-refractivity contribution >= 4 is 5.78 Å². The Kier molecular flexibility index (Phi) is 7.01. The molecule has 240 valence electrons. The first kappa shape index (κ1) is 30.5. The van der Waals surface area contributed by atoms with Crippen LogP contribution >= 0.6 is 0 Å². The van der Waals surface area contributed by atoms with Crippen LogP contribution in [0.25, 0.3) is 0 Å². The van der Waals surface area contributed by atoms with Gasteiger partial charge in [0.25, 0.3) is 0 Å². The van der Waals surface area contributed by atoms with E-state index in [1.165, 1.54) is 33.4 Å². The second-order valence-electron chi connectivity index (χ2n) is 16.0. The molecule has 8 aliphatic carbocycles. The molecule has 0 heterocycles. The Hall–Kier alpha value is -2.85.